The predicted octanol–water partition coefficient (Wildman–Crippen LogP) is 0.385. The van der Waals surface area contributed by atoms with Gasteiger partial charge in [0.25, 0.3) is 0 Å². The van der Waals surface area contributed by atoms with Crippen molar-refractivity contribution in [2.24, 2.45) is 16.5 Å². The van der Waals surface area contributed by atoms with Crippen LogP contribution in [0.2, 0.25) is 0 Å². The molecule has 0 aromatic carbocycles. The molecule has 1 fully saturated rings. The number of nitrogens with zero attached hydrogens (tertiary/aromatic N) is 1. The molecule has 0 aromatic rings. The molecule has 4 N–H and O–H groups in total. The lowest BCUT2D eigenvalue weighted by atomic mass is 10.1. The SMILES string of the molecule is CC(N)=C(N)C=NC1CCOCC1. The highest BCUT2D eigenvalue weighted by molar-refractivity contribution is 5.78. The Balaban J connectivity index is 2.42. The first kappa shape index (κ1) is 10.1. The molecule has 1 aliphatic rings. The first-order chi connectivity index (χ1) is 6.20. The Kier molecular flexibility index (Phi) is 3.76. The van der Waals surface area contributed by atoms with E-state index in [0.29, 0.717) is 17.4 Å². The molecule has 0 atom stereocenters. The van der Waals surface area contributed by atoms with E-state index < -0.39 is 0 Å². The minimum atomic E-state index is 0.353. The van der Waals surface area contributed by atoms with Crippen LogP contribution in [-0.2, 0) is 4.74 Å². The van der Waals surface area contributed by atoms with Crippen molar-refractivity contribution in [2.45, 2.75) is 25.8 Å². The van der Waals surface area contributed by atoms with Gasteiger partial charge in [-0.2, -0.15) is 0 Å². The van der Waals surface area contributed by atoms with Gasteiger partial charge in [-0.1, -0.05) is 0 Å². The van der Waals surface area contributed by atoms with E-state index in [1.807, 2.05) is 0 Å². The average molecular weight is 183 g/mol. The van der Waals surface area contributed by atoms with Crippen LogP contribution in [0.5, 0.6) is 0 Å². The summed E-state index contributed by atoms with van der Waals surface area (Å²) < 4.78 is 5.21. The summed E-state index contributed by atoms with van der Waals surface area (Å²) in [6.45, 7) is 3.37. The van der Waals surface area contributed by atoms with E-state index in [0.717, 1.165) is 26.1 Å². The molecule has 0 aliphatic carbocycles. The number of nitrogens with two attached hydrogens (primary N) is 2. The maximum atomic E-state index is 5.61. The fourth-order valence-electron chi connectivity index (χ4n) is 1.12. The van der Waals surface area contributed by atoms with E-state index in [9.17, 15) is 0 Å². The summed E-state index contributed by atoms with van der Waals surface area (Å²) in [4.78, 5) is 4.34. The first-order valence-corrected chi connectivity index (χ1v) is 4.53. The number of allylic oxidation sites excluding steroid dienone is 2. The summed E-state index contributed by atoms with van der Waals surface area (Å²) in [7, 11) is 0. The smallest absolute Gasteiger partial charge is 0.0683 e. The van der Waals surface area contributed by atoms with Crippen molar-refractivity contribution < 1.29 is 4.74 Å². The van der Waals surface area contributed by atoms with E-state index in [4.69, 9.17) is 16.2 Å². The van der Waals surface area contributed by atoms with Gasteiger partial charge in [-0.25, -0.2) is 0 Å². The molecule has 0 saturated carbocycles. The standard InChI is InChI=1S/C9H17N3O/c1-7(10)9(11)6-12-8-2-4-13-5-3-8/h6,8H,2-5,10-11H2,1H3. The van der Waals surface area contributed by atoms with Crippen LogP contribution in [-0.4, -0.2) is 25.5 Å². The molecule has 4 heteroatoms. The highest BCUT2D eigenvalue weighted by atomic mass is 16.5. The zero-order valence-electron chi connectivity index (χ0n) is 7.99. The number of hydrogen-bond donors (Lipinski definition) is 2. The third-order valence-corrected chi connectivity index (χ3v) is 2.07. The Morgan fingerprint density at radius 3 is 2.54 bits per heavy atom. The van der Waals surface area contributed by atoms with Crippen molar-refractivity contribution in [1.82, 2.24) is 0 Å². The quantitative estimate of drug-likeness (QED) is 0.608. The van der Waals surface area contributed by atoms with Gasteiger partial charge in [-0.3, -0.25) is 4.99 Å². The van der Waals surface area contributed by atoms with E-state index in [-0.39, 0.29) is 0 Å². The van der Waals surface area contributed by atoms with Gasteiger partial charge in [0, 0.05) is 25.1 Å². The summed E-state index contributed by atoms with van der Waals surface area (Å²) in [5.41, 5.74) is 12.3. The lowest BCUT2D eigenvalue weighted by Gasteiger charge is -2.17. The summed E-state index contributed by atoms with van der Waals surface area (Å²) in [6, 6.07) is 0.353. The van der Waals surface area contributed by atoms with E-state index in [1.165, 1.54) is 0 Å². The topological polar surface area (TPSA) is 73.6 Å². The molecule has 1 heterocycles. The third kappa shape index (κ3) is 3.46. The molecule has 0 aromatic heterocycles. The summed E-state index contributed by atoms with van der Waals surface area (Å²) in [6.07, 6.45) is 3.62. The average Bonchev–Trinajstić information content (AvgIpc) is 2.15. The van der Waals surface area contributed by atoms with Gasteiger partial charge in [0.05, 0.1) is 11.7 Å². The maximum Gasteiger partial charge on any atom is 0.0683 e. The molecule has 1 rings (SSSR count). The molecule has 0 amide bonds. The van der Waals surface area contributed by atoms with Crippen LogP contribution in [0, 0.1) is 0 Å². The molecule has 13 heavy (non-hydrogen) atoms. The monoisotopic (exact) mass is 183 g/mol. The summed E-state index contributed by atoms with van der Waals surface area (Å²) in [5.74, 6) is 0. The number of hydrogen-bond acceptors (Lipinski definition) is 4. The van der Waals surface area contributed by atoms with Crippen molar-refractivity contribution in [3.05, 3.63) is 11.4 Å². The van der Waals surface area contributed by atoms with Gasteiger partial charge >= 0.3 is 0 Å². The van der Waals surface area contributed by atoms with Gasteiger partial charge in [0.1, 0.15) is 0 Å². The lowest BCUT2D eigenvalue weighted by Crippen LogP contribution is -2.19. The van der Waals surface area contributed by atoms with Gasteiger partial charge in [0.2, 0.25) is 0 Å². The minimum Gasteiger partial charge on any atom is -0.401 e. The second kappa shape index (κ2) is 4.87. The van der Waals surface area contributed by atoms with Crippen molar-refractivity contribution in [2.75, 3.05) is 13.2 Å². The van der Waals surface area contributed by atoms with Crippen LogP contribution < -0.4 is 11.5 Å². The fraction of sp³-hybridized carbons (Fsp3) is 0.667. The number of rotatable bonds is 2. The molecular formula is C9H17N3O. The number of ether oxygens (including phenoxy) is 1. The van der Waals surface area contributed by atoms with Crippen molar-refractivity contribution >= 4 is 6.21 Å². The molecule has 0 radical (unpaired) electrons. The normalized spacial score (nSPS) is 21.9. The van der Waals surface area contributed by atoms with Gasteiger partial charge in [-0.05, 0) is 19.8 Å². The Bertz CT molecular complexity index is 213. The molecule has 0 spiro atoms. The van der Waals surface area contributed by atoms with E-state index >= 15 is 0 Å². The van der Waals surface area contributed by atoms with Crippen LogP contribution in [0.15, 0.2) is 16.4 Å². The van der Waals surface area contributed by atoms with Gasteiger partial charge < -0.3 is 16.2 Å². The van der Waals surface area contributed by atoms with Crippen LogP contribution in [0.25, 0.3) is 0 Å². The Morgan fingerprint density at radius 2 is 2.00 bits per heavy atom. The van der Waals surface area contributed by atoms with Crippen LogP contribution in [0.1, 0.15) is 19.8 Å². The van der Waals surface area contributed by atoms with Crippen molar-refractivity contribution in [3.63, 3.8) is 0 Å². The first-order valence-electron chi connectivity index (χ1n) is 4.53. The molecular weight excluding hydrogens is 166 g/mol. The molecule has 1 saturated heterocycles. The maximum absolute atomic E-state index is 5.61. The zero-order valence-corrected chi connectivity index (χ0v) is 7.99. The van der Waals surface area contributed by atoms with Gasteiger partial charge in [0.15, 0.2) is 0 Å². The second-order valence-electron chi connectivity index (χ2n) is 3.26. The van der Waals surface area contributed by atoms with Crippen LogP contribution in [0.4, 0.5) is 0 Å². The highest BCUT2D eigenvalue weighted by Gasteiger charge is 2.10. The van der Waals surface area contributed by atoms with Crippen LogP contribution in [0.3, 0.4) is 0 Å². The fourth-order valence-corrected chi connectivity index (χ4v) is 1.12. The van der Waals surface area contributed by atoms with Gasteiger partial charge in [-0.15, -0.1) is 0 Å². The zero-order chi connectivity index (χ0) is 9.68. The van der Waals surface area contributed by atoms with Crippen molar-refractivity contribution in [3.8, 4) is 0 Å². The van der Waals surface area contributed by atoms with E-state index in [1.54, 1.807) is 13.1 Å². The lowest BCUT2D eigenvalue weighted by molar-refractivity contribution is 0.0872. The summed E-state index contributed by atoms with van der Waals surface area (Å²) >= 11 is 0. The molecule has 74 valence electrons. The molecule has 0 unspecified atom stereocenters. The molecule has 0 bridgehead atoms. The minimum absolute atomic E-state index is 0.353. The Labute approximate surface area is 78.7 Å². The predicted molar refractivity (Wildman–Crippen MR) is 53.4 cm³/mol. The largest absolute Gasteiger partial charge is 0.401 e. The second-order valence-corrected chi connectivity index (χ2v) is 3.26. The van der Waals surface area contributed by atoms with Crippen LogP contribution >= 0.6 is 0 Å². The van der Waals surface area contributed by atoms with Crippen molar-refractivity contribution in [1.29, 1.82) is 0 Å². The third-order valence-electron chi connectivity index (χ3n) is 2.07. The van der Waals surface area contributed by atoms with E-state index in [2.05, 4.69) is 4.99 Å². The number of aliphatic imine (C=N–C) groups is 1. The summed E-state index contributed by atoms with van der Waals surface area (Å²) in [5, 5.41) is 0. The Morgan fingerprint density at radius 1 is 1.38 bits per heavy atom. The molecule has 1 aliphatic heterocycles. The highest BCUT2D eigenvalue weighted by Crippen LogP contribution is 2.09. The molecule has 4 nitrogen and oxygen atoms in total. The Hall–Kier alpha value is -1.03.